The third kappa shape index (κ3) is 2.96. The molecule has 0 spiro atoms. The van der Waals surface area contributed by atoms with Crippen molar-refractivity contribution in [1.29, 1.82) is 5.26 Å². The highest BCUT2D eigenvalue weighted by molar-refractivity contribution is 4.96. The van der Waals surface area contributed by atoms with Crippen molar-refractivity contribution >= 4 is 0 Å². The van der Waals surface area contributed by atoms with Crippen LogP contribution in [-0.2, 0) is 0 Å². The van der Waals surface area contributed by atoms with Crippen LogP contribution < -0.4 is 5.32 Å². The molecule has 0 aliphatic carbocycles. The third-order valence-corrected chi connectivity index (χ3v) is 2.42. The van der Waals surface area contributed by atoms with E-state index in [9.17, 15) is 5.11 Å². The normalized spacial score (nSPS) is 26.7. The number of nitriles is 1. The molecule has 2 N–H and O–H groups in total. The molecule has 1 saturated heterocycles. The smallest absolute Gasteiger partial charge is 0.110 e. The maximum absolute atomic E-state index is 9.45. The molecule has 0 radical (unpaired) electrons. The van der Waals surface area contributed by atoms with Crippen LogP contribution >= 0.6 is 0 Å². The van der Waals surface area contributed by atoms with Gasteiger partial charge in [0.2, 0.25) is 0 Å². The fraction of sp³-hybridized carbons (Fsp3) is 0.889. The predicted octanol–water partition coefficient (Wildman–Crippen LogP) is -0.445. The molecule has 1 rings (SSSR count). The van der Waals surface area contributed by atoms with E-state index in [1.807, 2.05) is 11.8 Å². The largest absolute Gasteiger partial charge is 0.392 e. The van der Waals surface area contributed by atoms with Crippen LogP contribution in [-0.4, -0.2) is 48.3 Å². The molecule has 0 aromatic heterocycles. The standard InChI is InChI=1S/C9H17N3O/c1-2-9(13)7-12-4-3-11-6-8(12)5-10/h8-9,11,13H,2-4,6-7H2,1H3. The van der Waals surface area contributed by atoms with E-state index in [0.717, 1.165) is 19.5 Å². The maximum Gasteiger partial charge on any atom is 0.110 e. The summed E-state index contributed by atoms with van der Waals surface area (Å²) in [6, 6.07) is 2.16. The van der Waals surface area contributed by atoms with Gasteiger partial charge in [0.1, 0.15) is 6.04 Å². The molecule has 0 aromatic rings. The number of nitrogens with zero attached hydrogens (tertiary/aromatic N) is 2. The molecule has 4 nitrogen and oxygen atoms in total. The quantitative estimate of drug-likeness (QED) is 0.622. The van der Waals surface area contributed by atoms with Crippen LogP contribution in [0.25, 0.3) is 0 Å². The van der Waals surface area contributed by atoms with Gasteiger partial charge in [0, 0.05) is 26.2 Å². The average molecular weight is 183 g/mol. The Labute approximate surface area is 79.1 Å². The second-order valence-electron chi connectivity index (χ2n) is 3.41. The highest BCUT2D eigenvalue weighted by Gasteiger charge is 2.22. The lowest BCUT2D eigenvalue weighted by molar-refractivity contribution is 0.0868. The number of piperazine rings is 1. The minimum absolute atomic E-state index is 0.0741. The van der Waals surface area contributed by atoms with E-state index in [1.165, 1.54) is 0 Å². The Morgan fingerprint density at radius 1 is 1.77 bits per heavy atom. The van der Waals surface area contributed by atoms with Crippen LogP contribution in [0.4, 0.5) is 0 Å². The van der Waals surface area contributed by atoms with Crippen LogP contribution in [0, 0.1) is 11.3 Å². The Morgan fingerprint density at radius 2 is 2.54 bits per heavy atom. The zero-order valence-electron chi connectivity index (χ0n) is 8.03. The lowest BCUT2D eigenvalue weighted by Gasteiger charge is -2.33. The highest BCUT2D eigenvalue weighted by atomic mass is 16.3. The van der Waals surface area contributed by atoms with Crippen molar-refractivity contribution in [2.75, 3.05) is 26.2 Å². The van der Waals surface area contributed by atoms with Gasteiger partial charge in [-0.2, -0.15) is 5.26 Å². The van der Waals surface area contributed by atoms with Gasteiger partial charge in [-0.3, -0.25) is 4.90 Å². The minimum Gasteiger partial charge on any atom is -0.392 e. The number of β-amino-alcohol motifs (C(OH)–C–C–N with tert-alkyl or cyclic N) is 1. The van der Waals surface area contributed by atoms with E-state index in [-0.39, 0.29) is 12.1 Å². The number of nitrogens with one attached hydrogen (secondary N) is 1. The molecule has 1 aliphatic rings. The van der Waals surface area contributed by atoms with E-state index in [2.05, 4.69) is 11.4 Å². The molecule has 0 saturated carbocycles. The van der Waals surface area contributed by atoms with Crippen molar-refractivity contribution in [2.45, 2.75) is 25.5 Å². The van der Waals surface area contributed by atoms with Gasteiger partial charge in [-0.25, -0.2) is 0 Å². The molecular weight excluding hydrogens is 166 g/mol. The summed E-state index contributed by atoms with van der Waals surface area (Å²) in [6.07, 6.45) is 0.455. The Morgan fingerprint density at radius 3 is 3.15 bits per heavy atom. The van der Waals surface area contributed by atoms with Crippen LogP contribution in [0.15, 0.2) is 0 Å². The lowest BCUT2D eigenvalue weighted by atomic mass is 10.1. The van der Waals surface area contributed by atoms with E-state index < -0.39 is 0 Å². The second kappa shape index (κ2) is 5.18. The van der Waals surface area contributed by atoms with E-state index in [4.69, 9.17) is 5.26 Å². The Hall–Kier alpha value is -0.630. The molecule has 0 bridgehead atoms. The molecule has 1 aliphatic heterocycles. The molecule has 2 unspecified atom stereocenters. The van der Waals surface area contributed by atoms with Crippen LogP contribution in [0.5, 0.6) is 0 Å². The molecule has 74 valence electrons. The molecule has 13 heavy (non-hydrogen) atoms. The average Bonchev–Trinajstić information content (AvgIpc) is 2.18. The summed E-state index contributed by atoms with van der Waals surface area (Å²) >= 11 is 0. The first-order chi connectivity index (χ1) is 6.27. The summed E-state index contributed by atoms with van der Waals surface area (Å²) in [4.78, 5) is 2.05. The molecule has 0 aromatic carbocycles. The van der Waals surface area contributed by atoms with Gasteiger partial charge in [-0.05, 0) is 6.42 Å². The number of hydrogen-bond acceptors (Lipinski definition) is 4. The Kier molecular flexibility index (Phi) is 4.16. The van der Waals surface area contributed by atoms with Gasteiger partial charge in [0.15, 0.2) is 0 Å². The van der Waals surface area contributed by atoms with Crippen molar-refractivity contribution < 1.29 is 5.11 Å². The van der Waals surface area contributed by atoms with E-state index >= 15 is 0 Å². The topological polar surface area (TPSA) is 59.3 Å². The van der Waals surface area contributed by atoms with E-state index in [1.54, 1.807) is 0 Å². The minimum atomic E-state index is -0.297. The number of rotatable bonds is 3. The van der Waals surface area contributed by atoms with Gasteiger partial charge in [0.25, 0.3) is 0 Å². The molecule has 4 heteroatoms. The molecule has 1 heterocycles. The SMILES string of the molecule is CCC(O)CN1CCNCC1C#N. The zero-order valence-corrected chi connectivity index (χ0v) is 8.03. The van der Waals surface area contributed by atoms with Gasteiger partial charge in [-0.1, -0.05) is 6.92 Å². The first-order valence-corrected chi connectivity index (χ1v) is 4.80. The maximum atomic E-state index is 9.45. The first kappa shape index (κ1) is 10.5. The van der Waals surface area contributed by atoms with Crippen molar-refractivity contribution in [1.82, 2.24) is 10.2 Å². The molecule has 0 amide bonds. The molecule has 1 fully saturated rings. The van der Waals surface area contributed by atoms with Crippen molar-refractivity contribution in [2.24, 2.45) is 0 Å². The monoisotopic (exact) mass is 183 g/mol. The fourth-order valence-electron chi connectivity index (χ4n) is 1.49. The van der Waals surface area contributed by atoms with Gasteiger partial charge < -0.3 is 10.4 Å². The van der Waals surface area contributed by atoms with Crippen molar-refractivity contribution in [3.05, 3.63) is 0 Å². The fourth-order valence-corrected chi connectivity index (χ4v) is 1.49. The Bertz CT molecular complexity index is 190. The summed E-state index contributed by atoms with van der Waals surface area (Å²) in [6.45, 7) is 5.06. The summed E-state index contributed by atoms with van der Waals surface area (Å²) in [5, 5.41) is 21.4. The van der Waals surface area contributed by atoms with Crippen LogP contribution in [0.1, 0.15) is 13.3 Å². The summed E-state index contributed by atoms with van der Waals surface area (Å²) < 4.78 is 0. The first-order valence-electron chi connectivity index (χ1n) is 4.80. The summed E-state index contributed by atoms with van der Waals surface area (Å²) in [7, 11) is 0. The van der Waals surface area contributed by atoms with Crippen LogP contribution in [0.2, 0.25) is 0 Å². The Balaban J connectivity index is 2.41. The second-order valence-corrected chi connectivity index (χ2v) is 3.41. The van der Waals surface area contributed by atoms with E-state index in [0.29, 0.717) is 13.1 Å². The van der Waals surface area contributed by atoms with Crippen molar-refractivity contribution in [3.63, 3.8) is 0 Å². The lowest BCUT2D eigenvalue weighted by Crippen LogP contribution is -2.52. The highest BCUT2D eigenvalue weighted by Crippen LogP contribution is 2.04. The van der Waals surface area contributed by atoms with Gasteiger partial charge in [-0.15, -0.1) is 0 Å². The summed E-state index contributed by atoms with van der Waals surface area (Å²) in [5.74, 6) is 0. The predicted molar refractivity (Wildman–Crippen MR) is 50.1 cm³/mol. The zero-order chi connectivity index (χ0) is 9.68. The molecule has 2 atom stereocenters. The number of aliphatic hydroxyl groups is 1. The van der Waals surface area contributed by atoms with Crippen molar-refractivity contribution in [3.8, 4) is 6.07 Å². The van der Waals surface area contributed by atoms with Crippen LogP contribution in [0.3, 0.4) is 0 Å². The molecular formula is C9H17N3O. The third-order valence-electron chi connectivity index (χ3n) is 2.42. The van der Waals surface area contributed by atoms with Gasteiger partial charge >= 0.3 is 0 Å². The number of hydrogen-bond donors (Lipinski definition) is 2. The summed E-state index contributed by atoms with van der Waals surface area (Å²) in [5.41, 5.74) is 0. The van der Waals surface area contributed by atoms with Gasteiger partial charge in [0.05, 0.1) is 12.2 Å². The number of aliphatic hydroxyl groups excluding tert-OH is 1.